The average molecular weight is 285 g/mol. The molecule has 2 rings (SSSR count). The lowest BCUT2D eigenvalue weighted by Gasteiger charge is -2.12. The fourth-order valence-corrected chi connectivity index (χ4v) is 1.67. The minimum absolute atomic E-state index is 0.117. The number of hydrogen-bond acceptors (Lipinski definition) is 4. The zero-order chi connectivity index (χ0) is 14.2. The molecule has 19 heavy (non-hydrogen) atoms. The molecule has 0 atom stereocenters. The predicted octanol–water partition coefficient (Wildman–Crippen LogP) is 2.84. The summed E-state index contributed by atoms with van der Waals surface area (Å²) in [4.78, 5) is 13.2. The van der Waals surface area contributed by atoms with Crippen molar-refractivity contribution in [2.45, 2.75) is 6.92 Å². The minimum atomic E-state index is -0.741. The van der Waals surface area contributed by atoms with Crippen molar-refractivity contribution < 1.29 is 8.78 Å². The van der Waals surface area contributed by atoms with E-state index < -0.39 is 11.6 Å². The number of aryl methyl sites for hydroxylation is 1. The van der Waals surface area contributed by atoms with Gasteiger partial charge in [0.05, 0.1) is 5.56 Å². The number of nitrogens with zero attached hydrogens (tertiary/aromatic N) is 4. The van der Waals surface area contributed by atoms with Crippen molar-refractivity contribution in [2.75, 3.05) is 19.0 Å². The first-order valence-electron chi connectivity index (χ1n) is 5.44. The molecule has 0 unspecified atom stereocenters. The van der Waals surface area contributed by atoms with Gasteiger partial charge in [0.15, 0.2) is 5.82 Å². The maximum absolute atomic E-state index is 14.0. The van der Waals surface area contributed by atoms with Crippen molar-refractivity contribution in [1.82, 2.24) is 15.0 Å². The van der Waals surface area contributed by atoms with E-state index >= 15 is 0 Å². The summed E-state index contributed by atoms with van der Waals surface area (Å²) in [6.07, 6.45) is 0. The molecule has 2 aromatic rings. The second-order valence-electron chi connectivity index (χ2n) is 4.18. The quantitative estimate of drug-likeness (QED) is 0.850. The van der Waals surface area contributed by atoms with Gasteiger partial charge in [-0.25, -0.2) is 8.78 Å². The van der Waals surface area contributed by atoms with E-state index in [0.29, 0.717) is 5.56 Å². The number of aromatic nitrogens is 3. The van der Waals surface area contributed by atoms with Crippen LogP contribution in [0.4, 0.5) is 14.7 Å². The fraction of sp³-hybridized carbons (Fsp3) is 0.250. The molecule has 0 aliphatic heterocycles. The Morgan fingerprint density at radius 1 is 1.11 bits per heavy atom. The van der Waals surface area contributed by atoms with Crippen molar-refractivity contribution >= 4 is 17.5 Å². The maximum atomic E-state index is 14.0. The van der Waals surface area contributed by atoms with E-state index in [9.17, 15) is 8.78 Å². The van der Waals surface area contributed by atoms with Crippen LogP contribution in [0.25, 0.3) is 11.4 Å². The third-order valence-electron chi connectivity index (χ3n) is 2.50. The third-order valence-corrected chi connectivity index (χ3v) is 2.67. The Labute approximate surface area is 114 Å². The van der Waals surface area contributed by atoms with Crippen molar-refractivity contribution in [2.24, 2.45) is 0 Å². The molecular weight excluding hydrogens is 274 g/mol. The summed E-state index contributed by atoms with van der Waals surface area (Å²) in [6, 6.07) is 2.52. The standard InChI is InChI=1S/C12H11ClF2N4/c1-6-4-5-7(14)8(9(6)15)10-16-11(13)18-12(17-10)19(2)3/h4-5H,1-3H3. The molecule has 1 heterocycles. The smallest absolute Gasteiger partial charge is 0.229 e. The number of rotatable bonds is 2. The van der Waals surface area contributed by atoms with Gasteiger partial charge in [-0.15, -0.1) is 0 Å². The molecule has 1 aromatic heterocycles. The highest BCUT2D eigenvalue weighted by atomic mass is 35.5. The van der Waals surface area contributed by atoms with Gasteiger partial charge in [-0.05, 0) is 30.2 Å². The summed E-state index contributed by atoms with van der Waals surface area (Å²) < 4.78 is 27.8. The molecule has 1 aromatic carbocycles. The van der Waals surface area contributed by atoms with Crippen LogP contribution >= 0.6 is 11.6 Å². The first-order valence-corrected chi connectivity index (χ1v) is 5.82. The van der Waals surface area contributed by atoms with Gasteiger partial charge in [0.2, 0.25) is 11.2 Å². The zero-order valence-electron chi connectivity index (χ0n) is 10.6. The predicted molar refractivity (Wildman–Crippen MR) is 69.3 cm³/mol. The van der Waals surface area contributed by atoms with Gasteiger partial charge in [-0.3, -0.25) is 0 Å². The zero-order valence-corrected chi connectivity index (χ0v) is 11.3. The minimum Gasteiger partial charge on any atom is -0.347 e. The topological polar surface area (TPSA) is 41.9 Å². The van der Waals surface area contributed by atoms with Crippen LogP contribution in [0.2, 0.25) is 5.28 Å². The molecule has 0 saturated heterocycles. The number of benzene rings is 1. The average Bonchev–Trinajstić information content (AvgIpc) is 2.34. The largest absolute Gasteiger partial charge is 0.347 e. The van der Waals surface area contributed by atoms with Crippen molar-refractivity contribution in [3.63, 3.8) is 0 Å². The fourth-order valence-electron chi connectivity index (χ4n) is 1.51. The van der Waals surface area contributed by atoms with Gasteiger partial charge in [0.25, 0.3) is 0 Å². The summed E-state index contributed by atoms with van der Waals surface area (Å²) >= 11 is 5.75. The summed E-state index contributed by atoms with van der Waals surface area (Å²) in [5, 5.41) is -0.117. The molecule has 0 saturated carbocycles. The SMILES string of the molecule is Cc1ccc(F)c(-c2nc(Cl)nc(N(C)C)n2)c1F. The summed E-state index contributed by atoms with van der Waals surface area (Å²) in [5.41, 5.74) is 0.00624. The van der Waals surface area contributed by atoms with Crippen LogP contribution in [0.1, 0.15) is 5.56 Å². The molecule has 100 valence electrons. The lowest BCUT2D eigenvalue weighted by molar-refractivity contribution is 0.581. The van der Waals surface area contributed by atoms with Crippen molar-refractivity contribution in [3.05, 3.63) is 34.6 Å². The third kappa shape index (κ3) is 2.63. The van der Waals surface area contributed by atoms with Gasteiger partial charge >= 0.3 is 0 Å². The highest BCUT2D eigenvalue weighted by molar-refractivity contribution is 6.28. The molecular formula is C12H11ClF2N4. The van der Waals surface area contributed by atoms with Gasteiger partial charge in [0, 0.05) is 14.1 Å². The second kappa shape index (κ2) is 5.05. The van der Waals surface area contributed by atoms with E-state index in [1.54, 1.807) is 19.0 Å². The number of anilines is 1. The Bertz CT molecular complexity index is 631. The molecule has 4 nitrogen and oxygen atoms in total. The molecule has 0 radical (unpaired) electrons. The van der Waals surface area contributed by atoms with Crippen LogP contribution in [-0.4, -0.2) is 29.0 Å². The normalized spacial score (nSPS) is 10.6. The Kier molecular flexibility index (Phi) is 3.61. The molecule has 0 aliphatic rings. The van der Waals surface area contributed by atoms with E-state index in [2.05, 4.69) is 15.0 Å². The van der Waals surface area contributed by atoms with Crippen molar-refractivity contribution in [3.8, 4) is 11.4 Å². The van der Waals surface area contributed by atoms with Crippen LogP contribution in [-0.2, 0) is 0 Å². The van der Waals surface area contributed by atoms with Crippen LogP contribution in [0.3, 0.4) is 0 Å². The summed E-state index contributed by atoms with van der Waals surface area (Å²) in [7, 11) is 3.39. The van der Waals surface area contributed by atoms with Crippen LogP contribution in [0.15, 0.2) is 12.1 Å². The molecule has 0 amide bonds. The van der Waals surface area contributed by atoms with Gasteiger partial charge < -0.3 is 4.90 Å². The van der Waals surface area contributed by atoms with E-state index in [1.165, 1.54) is 19.1 Å². The lowest BCUT2D eigenvalue weighted by Crippen LogP contribution is -2.14. The highest BCUT2D eigenvalue weighted by Crippen LogP contribution is 2.26. The van der Waals surface area contributed by atoms with Crippen LogP contribution < -0.4 is 4.90 Å². The van der Waals surface area contributed by atoms with E-state index in [4.69, 9.17) is 11.6 Å². The number of halogens is 3. The molecule has 0 fully saturated rings. The van der Waals surface area contributed by atoms with Gasteiger partial charge in [-0.1, -0.05) is 6.07 Å². The molecule has 0 aliphatic carbocycles. The van der Waals surface area contributed by atoms with E-state index in [1.807, 2.05) is 0 Å². The number of hydrogen-bond donors (Lipinski definition) is 0. The second-order valence-corrected chi connectivity index (χ2v) is 4.51. The van der Waals surface area contributed by atoms with E-state index in [0.717, 1.165) is 0 Å². The first kappa shape index (κ1) is 13.6. The molecule has 7 heteroatoms. The Morgan fingerprint density at radius 2 is 1.79 bits per heavy atom. The first-order chi connectivity index (χ1) is 8.90. The Morgan fingerprint density at radius 3 is 2.42 bits per heavy atom. The summed E-state index contributed by atoms with van der Waals surface area (Å²) in [6.45, 7) is 1.54. The summed E-state index contributed by atoms with van der Waals surface area (Å²) in [5.74, 6) is -1.33. The molecule has 0 spiro atoms. The van der Waals surface area contributed by atoms with E-state index in [-0.39, 0.29) is 22.6 Å². The lowest BCUT2D eigenvalue weighted by atomic mass is 10.1. The van der Waals surface area contributed by atoms with Gasteiger partial charge in [0.1, 0.15) is 11.6 Å². The van der Waals surface area contributed by atoms with Gasteiger partial charge in [-0.2, -0.15) is 15.0 Å². The van der Waals surface area contributed by atoms with Crippen LogP contribution in [0, 0.1) is 18.6 Å². The Balaban J connectivity index is 2.69. The maximum Gasteiger partial charge on any atom is 0.229 e. The molecule has 0 bridgehead atoms. The molecule has 0 N–H and O–H groups in total. The van der Waals surface area contributed by atoms with Crippen LogP contribution in [0.5, 0.6) is 0 Å². The Hall–Kier alpha value is -1.82. The monoisotopic (exact) mass is 284 g/mol. The van der Waals surface area contributed by atoms with Crippen molar-refractivity contribution in [1.29, 1.82) is 0 Å². The highest BCUT2D eigenvalue weighted by Gasteiger charge is 2.18.